The van der Waals surface area contributed by atoms with Crippen LogP contribution < -0.4 is 5.56 Å². The maximum absolute atomic E-state index is 13.0. The SMILES string of the molecule is Cc1nc2cccc3n(CCC(C)(C)CCN4C(=O)c5ccccc5C4=O)c(=O)c1n23. The molecule has 0 saturated heterocycles. The van der Waals surface area contributed by atoms with Crippen LogP contribution in [0.1, 0.15) is 53.1 Å². The Hall–Kier alpha value is -3.48. The van der Waals surface area contributed by atoms with Crippen molar-refractivity contribution in [3.05, 3.63) is 69.6 Å². The molecule has 0 aliphatic carbocycles. The zero-order valence-corrected chi connectivity index (χ0v) is 17.9. The van der Waals surface area contributed by atoms with Crippen molar-refractivity contribution in [2.45, 2.75) is 40.2 Å². The molecule has 0 atom stereocenters. The molecule has 2 amide bonds. The van der Waals surface area contributed by atoms with E-state index in [1.54, 1.807) is 28.8 Å². The number of imide groups is 1. The fourth-order valence-corrected chi connectivity index (χ4v) is 4.49. The number of fused-ring (bicyclic) bond motifs is 1. The third-order valence-corrected chi connectivity index (χ3v) is 6.42. The van der Waals surface area contributed by atoms with E-state index in [1.807, 2.05) is 29.5 Å². The first kappa shape index (κ1) is 19.5. The Morgan fingerprint density at radius 1 is 0.871 bits per heavy atom. The Bertz CT molecular complexity index is 1360. The fourth-order valence-electron chi connectivity index (χ4n) is 4.49. The summed E-state index contributed by atoms with van der Waals surface area (Å²) in [4.78, 5) is 44.1. The molecule has 7 heteroatoms. The van der Waals surface area contributed by atoms with Crippen molar-refractivity contribution in [2.75, 3.05) is 6.54 Å². The molecule has 7 nitrogen and oxygen atoms in total. The Labute approximate surface area is 179 Å². The summed E-state index contributed by atoms with van der Waals surface area (Å²) >= 11 is 0. The number of aryl methyl sites for hydroxylation is 2. The van der Waals surface area contributed by atoms with Gasteiger partial charge in [0.05, 0.1) is 16.8 Å². The second-order valence-electron chi connectivity index (χ2n) is 9.05. The van der Waals surface area contributed by atoms with Gasteiger partial charge < -0.3 is 0 Å². The van der Waals surface area contributed by atoms with Crippen molar-refractivity contribution in [3.63, 3.8) is 0 Å². The molecule has 0 N–H and O–H groups in total. The Morgan fingerprint density at radius 2 is 1.52 bits per heavy atom. The first-order chi connectivity index (χ1) is 14.8. The number of rotatable bonds is 6. The molecule has 5 rings (SSSR count). The van der Waals surface area contributed by atoms with Crippen LogP contribution in [-0.2, 0) is 6.54 Å². The summed E-state index contributed by atoms with van der Waals surface area (Å²) in [5.41, 5.74) is 3.77. The van der Waals surface area contributed by atoms with Crippen molar-refractivity contribution in [1.29, 1.82) is 0 Å². The summed E-state index contributed by atoms with van der Waals surface area (Å²) in [7, 11) is 0. The summed E-state index contributed by atoms with van der Waals surface area (Å²) < 4.78 is 3.73. The van der Waals surface area contributed by atoms with E-state index in [2.05, 4.69) is 18.8 Å². The molecule has 4 aromatic rings. The molecular formula is C24H24N4O3. The summed E-state index contributed by atoms with van der Waals surface area (Å²) in [6.07, 6.45) is 1.41. The molecule has 158 valence electrons. The van der Waals surface area contributed by atoms with Crippen molar-refractivity contribution in [3.8, 4) is 0 Å². The Morgan fingerprint density at radius 3 is 2.19 bits per heavy atom. The fraction of sp³-hybridized carbons (Fsp3) is 0.333. The topological polar surface area (TPSA) is 76.7 Å². The van der Waals surface area contributed by atoms with Gasteiger partial charge in [-0.15, -0.1) is 0 Å². The van der Waals surface area contributed by atoms with Crippen LogP contribution in [0.4, 0.5) is 0 Å². The molecular weight excluding hydrogens is 392 g/mol. The maximum Gasteiger partial charge on any atom is 0.278 e. The zero-order valence-electron chi connectivity index (χ0n) is 17.9. The van der Waals surface area contributed by atoms with Crippen molar-refractivity contribution >= 4 is 28.6 Å². The van der Waals surface area contributed by atoms with Crippen LogP contribution in [0.3, 0.4) is 0 Å². The van der Waals surface area contributed by atoms with Gasteiger partial charge in [-0.3, -0.25) is 28.3 Å². The zero-order chi connectivity index (χ0) is 21.9. The van der Waals surface area contributed by atoms with E-state index in [1.165, 1.54) is 4.90 Å². The van der Waals surface area contributed by atoms with Crippen LogP contribution in [0.15, 0.2) is 47.3 Å². The lowest BCUT2D eigenvalue weighted by Gasteiger charge is -2.27. The Kier molecular flexibility index (Phi) is 4.25. The minimum Gasteiger partial charge on any atom is -0.292 e. The van der Waals surface area contributed by atoms with Crippen LogP contribution in [0.2, 0.25) is 0 Å². The summed E-state index contributed by atoms with van der Waals surface area (Å²) in [5, 5.41) is 0. The second-order valence-corrected chi connectivity index (χ2v) is 9.05. The van der Waals surface area contributed by atoms with Crippen LogP contribution in [0.5, 0.6) is 0 Å². The summed E-state index contributed by atoms with van der Waals surface area (Å²) in [6, 6.07) is 12.7. The van der Waals surface area contributed by atoms with E-state index < -0.39 is 0 Å². The monoisotopic (exact) mass is 416 g/mol. The molecule has 1 aliphatic rings. The van der Waals surface area contributed by atoms with Crippen LogP contribution in [-0.4, -0.2) is 37.2 Å². The van der Waals surface area contributed by atoms with Gasteiger partial charge in [0.1, 0.15) is 16.8 Å². The van der Waals surface area contributed by atoms with Gasteiger partial charge in [-0.25, -0.2) is 4.98 Å². The number of carbonyl (C=O) groups is 2. The first-order valence-electron chi connectivity index (χ1n) is 10.5. The highest BCUT2D eigenvalue weighted by molar-refractivity contribution is 6.21. The van der Waals surface area contributed by atoms with Gasteiger partial charge >= 0.3 is 0 Å². The van der Waals surface area contributed by atoms with E-state index in [0.717, 1.165) is 23.4 Å². The smallest absolute Gasteiger partial charge is 0.278 e. The van der Waals surface area contributed by atoms with Gasteiger partial charge in [0.2, 0.25) is 0 Å². The molecule has 0 saturated carbocycles. The minimum absolute atomic E-state index is 0.0256. The molecule has 4 heterocycles. The van der Waals surface area contributed by atoms with Crippen molar-refractivity contribution in [1.82, 2.24) is 18.9 Å². The number of amides is 2. The number of imidazole rings is 2. The Balaban J connectivity index is 1.32. The number of hydrogen-bond acceptors (Lipinski definition) is 4. The molecule has 0 unspecified atom stereocenters. The predicted molar refractivity (Wildman–Crippen MR) is 118 cm³/mol. The third kappa shape index (κ3) is 2.95. The molecule has 1 aliphatic heterocycles. The highest BCUT2D eigenvalue weighted by Gasteiger charge is 2.35. The molecule has 31 heavy (non-hydrogen) atoms. The van der Waals surface area contributed by atoms with Gasteiger partial charge in [0, 0.05) is 13.1 Å². The van der Waals surface area contributed by atoms with Gasteiger partial charge in [-0.05, 0) is 49.4 Å². The number of hydrogen-bond donors (Lipinski definition) is 0. The lowest BCUT2D eigenvalue weighted by molar-refractivity contribution is 0.0633. The average Bonchev–Trinajstić information content (AvgIpc) is 3.32. The first-order valence-corrected chi connectivity index (χ1v) is 10.5. The molecule has 0 spiro atoms. The van der Waals surface area contributed by atoms with Crippen molar-refractivity contribution < 1.29 is 9.59 Å². The predicted octanol–water partition coefficient (Wildman–Crippen LogP) is 3.50. The average molecular weight is 416 g/mol. The van der Waals surface area contributed by atoms with E-state index in [-0.39, 0.29) is 22.8 Å². The number of carbonyl (C=O) groups excluding carboxylic acids is 2. The van der Waals surface area contributed by atoms with E-state index in [0.29, 0.717) is 36.2 Å². The normalized spacial score (nSPS) is 14.4. The molecule has 1 aromatic carbocycles. The quantitative estimate of drug-likeness (QED) is 0.451. The summed E-state index contributed by atoms with van der Waals surface area (Å²) in [6.45, 7) is 7.01. The lowest BCUT2D eigenvalue weighted by Crippen LogP contribution is -2.33. The van der Waals surface area contributed by atoms with Crippen LogP contribution in [0, 0.1) is 12.3 Å². The van der Waals surface area contributed by atoms with E-state index in [4.69, 9.17) is 0 Å². The third-order valence-electron chi connectivity index (χ3n) is 6.42. The largest absolute Gasteiger partial charge is 0.292 e. The van der Waals surface area contributed by atoms with Crippen LogP contribution >= 0.6 is 0 Å². The second kappa shape index (κ2) is 6.77. The standard InChI is InChI=1S/C24H24N4O3/c1-15-20-23(31)26(19-10-6-9-18(25-15)28(19)20)13-11-24(2,3)12-14-27-21(29)16-7-4-5-8-17(16)22(27)30/h4-10H,11-14H2,1-3H3. The van der Waals surface area contributed by atoms with Crippen LogP contribution in [0.25, 0.3) is 16.8 Å². The van der Waals surface area contributed by atoms with E-state index >= 15 is 0 Å². The van der Waals surface area contributed by atoms with Gasteiger partial charge in [-0.2, -0.15) is 0 Å². The lowest BCUT2D eigenvalue weighted by atomic mass is 9.85. The maximum atomic E-state index is 13.0. The van der Waals surface area contributed by atoms with Gasteiger partial charge in [-0.1, -0.05) is 32.0 Å². The molecule has 0 bridgehead atoms. The number of aromatic nitrogens is 3. The molecule has 0 fully saturated rings. The number of benzene rings is 1. The number of nitrogens with zero attached hydrogens (tertiary/aromatic N) is 4. The minimum atomic E-state index is -0.222. The van der Waals surface area contributed by atoms with Gasteiger partial charge in [0.15, 0.2) is 0 Å². The van der Waals surface area contributed by atoms with E-state index in [9.17, 15) is 14.4 Å². The number of pyridine rings is 1. The van der Waals surface area contributed by atoms with Crippen molar-refractivity contribution in [2.24, 2.45) is 5.41 Å². The highest BCUT2D eigenvalue weighted by atomic mass is 16.2. The molecule has 0 radical (unpaired) electrons. The highest BCUT2D eigenvalue weighted by Crippen LogP contribution is 2.30. The van der Waals surface area contributed by atoms with Gasteiger partial charge in [0.25, 0.3) is 17.4 Å². The molecule has 3 aromatic heterocycles. The summed E-state index contributed by atoms with van der Waals surface area (Å²) in [5.74, 6) is -0.444.